The topological polar surface area (TPSA) is 86.4 Å². The van der Waals surface area contributed by atoms with Crippen molar-refractivity contribution in [2.45, 2.75) is 13.8 Å². The van der Waals surface area contributed by atoms with Gasteiger partial charge in [-0.3, -0.25) is 25.0 Å². The molecular formula is C19H16ClN3O4. The molecule has 3 rings (SSSR count). The molecule has 27 heavy (non-hydrogen) atoms. The molecule has 0 aliphatic carbocycles. The van der Waals surface area contributed by atoms with Crippen molar-refractivity contribution in [2.24, 2.45) is 0 Å². The lowest BCUT2D eigenvalue weighted by molar-refractivity contribution is -0.385. The fourth-order valence-corrected chi connectivity index (χ4v) is 2.70. The van der Waals surface area contributed by atoms with Gasteiger partial charge in [-0.15, -0.1) is 0 Å². The molecule has 0 bridgehead atoms. The number of amides is 1. The quantitative estimate of drug-likeness (QED) is 0.502. The van der Waals surface area contributed by atoms with Gasteiger partial charge in [0.1, 0.15) is 5.75 Å². The molecule has 0 atom stereocenters. The Morgan fingerprint density at radius 2 is 1.70 bits per heavy atom. The van der Waals surface area contributed by atoms with E-state index in [1.807, 2.05) is 26.0 Å². The minimum absolute atomic E-state index is 0.0696. The van der Waals surface area contributed by atoms with E-state index in [9.17, 15) is 14.9 Å². The number of carbonyl (C=O) groups is 1. The first-order chi connectivity index (χ1) is 12.8. The van der Waals surface area contributed by atoms with Crippen LogP contribution in [0, 0.1) is 24.0 Å². The number of hydrogen-bond acceptors (Lipinski definition) is 4. The third kappa shape index (κ3) is 4.09. The molecule has 3 aromatic rings. The van der Waals surface area contributed by atoms with Gasteiger partial charge in [0.05, 0.1) is 4.92 Å². The van der Waals surface area contributed by atoms with Crippen molar-refractivity contribution >= 4 is 23.2 Å². The predicted molar refractivity (Wildman–Crippen MR) is 102 cm³/mol. The molecule has 0 aliphatic rings. The zero-order valence-corrected chi connectivity index (χ0v) is 15.4. The molecule has 2 aromatic carbocycles. The highest BCUT2D eigenvalue weighted by Crippen LogP contribution is 2.33. The number of aromatic nitrogens is 1. The Kier molecular flexibility index (Phi) is 5.14. The lowest BCUT2D eigenvalue weighted by Gasteiger charge is -2.12. The first-order valence-corrected chi connectivity index (χ1v) is 8.41. The van der Waals surface area contributed by atoms with E-state index in [1.54, 1.807) is 28.9 Å². The van der Waals surface area contributed by atoms with Crippen LogP contribution in [-0.4, -0.2) is 15.5 Å². The van der Waals surface area contributed by atoms with Gasteiger partial charge in [0.25, 0.3) is 5.91 Å². The summed E-state index contributed by atoms with van der Waals surface area (Å²) >= 11 is 5.79. The number of carbonyl (C=O) groups excluding carboxylic acids is 1. The Labute approximate surface area is 160 Å². The summed E-state index contributed by atoms with van der Waals surface area (Å²) in [6.45, 7) is 3.78. The van der Waals surface area contributed by atoms with Crippen LogP contribution in [-0.2, 0) is 0 Å². The molecule has 1 aromatic heterocycles. The highest BCUT2D eigenvalue weighted by atomic mass is 35.5. The Balaban J connectivity index is 1.76. The van der Waals surface area contributed by atoms with Crippen molar-refractivity contribution < 1.29 is 14.5 Å². The highest BCUT2D eigenvalue weighted by Gasteiger charge is 2.17. The van der Waals surface area contributed by atoms with Crippen LogP contribution in [0.3, 0.4) is 0 Å². The maximum Gasteiger partial charge on any atom is 0.313 e. The van der Waals surface area contributed by atoms with Crippen LogP contribution in [0.15, 0.2) is 54.6 Å². The van der Waals surface area contributed by atoms with Crippen molar-refractivity contribution in [2.75, 3.05) is 5.43 Å². The largest absolute Gasteiger partial charge is 0.450 e. The average Bonchev–Trinajstić information content (AvgIpc) is 2.95. The fourth-order valence-electron chi connectivity index (χ4n) is 2.53. The number of nitrogens with one attached hydrogen (secondary N) is 1. The lowest BCUT2D eigenvalue weighted by atomic mass is 10.2. The van der Waals surface area contributed by atoms with Crippen LogP contribution in [0.5, 0.6) is 11.5 Å². The second kappa shape index (κ2) is 7.51. The first kappa shape index (κ1) is 18.5. The van der Waals surface area contributed by atoms with Gasteiger partial charge < -0.3 is 4.74 Å². The van der Waals surface area contributed by atoms with Gasteiger partial charge in [0.15, 0.2) is 0 Å². The number of benzene rings is 2. The van der Waals surface area contributed by atoms with Crippen molar-refractivity contribution in [3.8, 4) is 11.5 Å². The molecule has 1 heterocycles. The van der Waals surface area contributed by atoms with E-state index in [4.69, 9.17) is 16.3 Å². The van der Waals surface area contributed by atoms with Crippen LogP contribution in [0.1, 0.15) is 21.7 Å². The second-order valence-electron chi connectivity index (χ2n) is 5.89. The smallest absolute Gasteiger partial charge is 0.313 e. The van der Waals surface area contributed by atoms with Gasteiger partial charge in [0, 0.05) is 28.0 Å². The minimum atomic E-state index is -0.565. The van der Waals surface area contributed by atoms with Crippen molar-refractivity contribution in [3.63, 3.8) is 0 Å². The van der Waals surface area contributed by atoms with Crippen LogP contribution < -0.4 is 10.2 Å². The monoisotopic (exact) mass is 385 g/mol. The number of halogens is 1. The zero-order chi connectivity index (χ0) is 19.6. The zero-order valence-electron chi connectivity index (χ0n) is 14.6. The second-order valence-corrected chi connectivity index (χ2v) is 6.32. The number of hydrogen-bond donors (Lipinski definition) is 1. The molecule has 0 spiro atoms. The summed E-state index contributed by atoms with van der Waals surface area (Å²) in [4.78, 5) is 23.0. The van der Waals surface area contributed by atoms with Gasteiger partial charge in [0.2, 0.25) is 5.75 Å². The summed E-state index contributed by atoms with van der Waals surface area (Å²) in [6, 6.07) is 14.3. The molecule has 0 saturated carbocycles. The first-order valence-electron chi connectivity index (χ1n) is 8.03. The van der Waals surface area contributed by atoms with E-state index >= 15 is 0 Å². The third-order valence-corrected chi connectivity index (χ3v) is 4.18. The van der Waals surface area contributed by atoms with Crippen LogP contribution in [0.25, 0.3) is 0 Å². The minimum Gasteiger partial charge on any atom is -0.450 e. The number of nitro benzene ring substituents is 1. The van der Waals surface area contributed by atoms with Crippen molar-refractivity contribution in [3.05, 3.63) is 86.7 Å². The summed E-state index contributed by atoms with van der Waals surface area (Å²) < 4.78 is 7.27. The number of aryl methyl sites for hydroxylation is 2. The maximum atomic E-state index is 12.4. The molecule has 0 fully saturated rings. The summed E-state index contributed by atoms with van der Waals surface area (Å²) in [7, 11) is 0. The van der Waals surface area contributed by atoms with Gasteiger partial charge in [-0.2, -0.15) is 0 Å². The highest BCUT2D eigenvalue weighted by molar-refractivity contribution is 6.30. The Morgan fingerprint density at radius 3 is 2.30 bits per heavy atom. The van der Waals surface area contributed by atoms with Gasteiger partial charge >= 0.3 is 5.69 Å². The van der Waals surface area contributed by atoms with E-state index in [0.29, 0.717) is 11.3 Å². The summed E-state index contributed by atoms with van der Waals surface area (Å²) in [5.41, 5.74) is 4.83. The van der Waals surface area contributed by atoms with E-state index in [0.717, 1.165) is 11.4 Å². The number of ether oxygens (including phenoxy) is 1. The molecule has 0 saturated heterocycles. The van der Waals surface area contributed by atoms with Crippen molar-refractivity contribution in [1.29, 1.82) is 0 Å². The van der Waals surface area contributed by atoms with Crippen molar-refractivity contribution in [1.82, 2.24) is 4.68 Å². The molecule has 1 N–H and O–H groups in total. The van der Waals surface area contributed by atoms with E-state index < -0.39 is 4.92 Å². The third-order valence-electron chi connectivity index (χ3n) is 3.95. The molecule has 1 amide bonds. The molecule has 0 aliphatic heterocycles. The fraction of sp³-hybridized carbons (Fsp3) is 0.105. The normalized spacial score (nSPS) is 10.5. The molecule has 7 nitrogen and oxygen atoms in total. The van der Waals surface area contributed by atoms with Crippen LogP contribution in [0.4, 0.5) is 5.69 Å². The standard InChI is InChI=1S/C19H16ClN3O4/c1-12-3-4-13(2)22(12)21-19(24)14-5-8-16(9-6-14)27-18-10-7-15(20)11-17(18)23(25)26/h3-11H,1-2H3,(H,21,24). The molecule has 0 radical (unpaired) electrons. The predicted octanol–water partition coefficient (Wildman–Crippen LogP) is 4.84. The Morgan fingerprint density at radius 1 is 1.07 bits per heavy atom. The number of nitro groups is 1. The lowest BCUT2D eigenvalue weighted by Crippen LogP contribution is -2.24. The summed E-state index contributed by atoms with van der Waals surface area (Å²) in [5.74, 6) is 0.159. The molecule has 138 valence electrons. The van der Waals surface area contributed by atoms with E-state index in [-0.39, 0.29) is 22.4 Å². The van der Waals surface area contributed by atoms with E-state index in [1.165, 1.54) is 18.2 Å². The molecular weight excluding hydrogens is 370 g/mol. The Bertz CT molecular complexity index is 993. The number of rotatable bonds is 5. The summed E-state index contributed by atoms with van der Waals surface area (Å²) in [6.07, 6.45) is 0. The van der Waals surface area contributed by atoms with Gasteiger partial charge in [-0.05, 0) is 62.4 Å². The SMILES string of the molecule is Cc1ccc(C)n1NC(=O)c1ccc(Oc2ccc(Cl)cc2[N+](=O)[O-])cc1. The average molecular weight is 386 g/mol. The molecule has 8 heteroatoms. The number of nitrogens with zero attached hydrogens (tertiary/aromatic N) is 2. The van der Waals surface area contributed by atoms with E-state index in [2.05, 4.69) is 5.43 Å². The summed E-state index contributed by atoms with van der Waals surface area (Å²) in [5, 5.41) is 11.4. The maximum absolute atomic E-state index is 12.4. The van der Waals surface area contributed by atoms with Gasteiger partial charge in [-0.1, -0.05) is 11.6 Å². The van der Waals surface area contributed by atoms with Crippen LogP contribution >= 0.6 is 11.6 Å². The Hall–Kier alpha value is -3.32. The van der Waals surface area contributed by atoms with Gasteiger partial charge in [-0.25, -0.2) is 0 Å². The van der Waals surface area contributed by atoms with Crippen LogP contribution in [0.2, 0.25) is 5.02 Å². The molecule has 0 unspecified atom stereocenters.